The molecule has 1 aliphatic heterocycles. The summed E-state index contributed by atoms with van der Waals surface area (Å²) in [6, 6.07) is 5.89. The third-order valence-electron chi connectivity index (χ3n) is 3.80. The molecule has 1 aromatic carbocycles. The van der Waals surface area contributed by atoms with Gasteiger partial charge in [-0.3, -0.25) is 4.79 Å². The summed E-state index contributed by atoms with van der Waals surface area (Å²) < 4.78 is 40.9. The Labute approximate surface area is 154 Å². The molecule has 2 heterocycles. The number of nitrogens with one attached hydrogen (secondary N) is 1. The number of rotatable bonds is 4. The van der Waals surface area contributed by atoms with Gasteiger partial charge in [0.15, 0.2) is 0 Å². The summed E-state index contributed by atoms with van der Waals surface area (Å²) in [5.41, 5.74) is 0.763. The fourth-order valence-electron chi connectivity index (χ4n) is 2.49. The van der Waals surface area contributed by atoms with Crippen molar-refractivity contribution in [1.29, 1.82) is 0 Å². The first-order valence-corrected chi connectivity index (χ1v) is 11.1. The molecule has 0 saturated carbocycles. The maximum absolute atomic E-state index is 13.9. The minimum atomic E-state index is -3.73. The van der Waals surface area contributed by atoms with Gasteiger partial charge in [-0.1, -0.05) is 6.07 Å². The fourth-order valence-corrected chi connectivity index (χ4v) is 6.36. The second-order valence-electron chi connectivity index (χ2n) is 5.57. The Morgan fingerprint density at radius 1 is 1.24 bits per heavy atom. The lowest BCUT2D eigenvalue weighted by Crippen LogP contribution is -2.38. The lowest BCUT2D eigenvalue weighted by Gasteiger charge is -2.25. The summed E-state index contributed by atoms with van der Waals surface area (Å²) in [5.74, 6) is 0.295. The van der Waals surface area contributed by atoms with E-state index in [0.717, 1.165) is 28.4 Å². The van der Waals surface area contributed by atoms with Gasteiger partial charge < -0.3 is 5.32 Å². The zero-order chi connectivity index (χ0) is 18.0. The lowest BCUT2D eigenvalue weighted by molar-refractivity contribution is 0.102. The van der Waals surface area contributed by atoms with E-state index in [9.17, 15) is 17.6 Å². The molecule has 3 rings (SSSR count). The topological polar surface area (TPSA) is 66.5 Å². The van der Waals surface area contributed by atoms with Gasteiger partial charge in [0.1, 0.15) is 15.6 Å². The number of amides is 1. The van der Waals surface area contributed by atoms with Crippen molar-refractivity contribution >= 4 is 44.7 Å². The van der Waals surface area contributed by atoms with Gasteiger partial charge in [-0.25, -0.2) is 12.8 Å². The average Bonchev–Trinajstić information content (AvgIpc) is 3.09. The van der Waals surface area contributed by atoms with Crippen molar-refractivity contribution < 1.29 is 17.6 Å². The lowest BCUT2D eigenvalue weighted by atomic mass is 10.2. The Balaban J connectivity index is 1.86. The molecule has 1 aromatic heterocycles. The molecule has 0 atom stereocenters. The van der Waals surface area contributed by atoms with Crippen LogP contribution in [0.25, 0.3) is 0 Å². The van der Waals surface area contributed by atoms with E-state index in [-0.39, 0.29) is 15.5 Å². The minimum Gasteiger partial charge on any atom is -0.319 e. The number of halogens is 1. The van der Waals surface area contributed by atoms with Gasteiger partial charge in [0.2, 0.25) is 10.0 Å². The highest BCUT2D eigenvalue weighted by atomic mass is 32.2. The number of carbonyl (C=O) groups is 1. The van der Waals surface area contributed by atoms with Crippen LogP contribution in [0.4, 0.5) is 10.1 Å². The number of thioether (sulfide) groups is 1. The molecule has 0 radical (unpaired) electrons. The molecule has 0 spiro atoms. The minimum absolute atomic E-state index is 0.0191. The van der Waals surface area contributed by atoms with Crippen molar-refractivity contribution in [2.24, 2.45) is 0 Å². The monoisotopic (exact) mass is 400 g/mol. The zero-order valence-corrected chi connectivity index (χ0v) is 15.9. The van der Waals surface area contributed by atoms with Gasteiger partial charge in [0, 0.05) is 24.6 Å². The molecule has 0 bridgehead atoms. The van der Waals surface area contributed by atoms with Gasteiger partial charge >= 0.3 is 0 Å². The molecule has 1 fully saturated rings. The SMILES string of the molecule is Cc1ccc(NC(=O)c2sccc2S(=O)(=O)N2CCSCC2)c(F)c1. The van der Waals surface area contributed by atoms with Crippen LogP contribution >= 0.6 is 23.1 Å². The van der Waals surface area contributed by atoms with Crippen molar-refractivity contribution in [3.05, 3.63) is 45.9 Å². The van der Waals surface area contributed by atoms with Crippen molar-refractivity contribution in [1.82, 2.24) is 4.31 Å². The predicted molar refractivity (Wildman–Crippen MR) is 99.5 cm³/mol. The first-order valence-electron chi connectivity index (χ1n) is 7.62. The van der Waals surface area contributed by atoms with Gasteiger partial charge in [-0.2, -0.15) is 16.1 Å². The second-order valence-corrected chi connectivity index (χ2v) is 9.62. The van der Waals surface area contributed by atoms with Gasteiger partial charge in [0.05, 0.1) is 5.69 Å². The van der Waals surface area contributed by atoms with Crippen LogP contribution in [0.15, 0.2) is 34.5 Å². The van der Waals surface area contributed by atoms with Crippen LogP contribution in [0.1, 0.15) is 15.2 Å². The molecule has 1 saturated heterocycles. The number of aryl methyl sites for hydroxylation is 1. The normalized spacial score (nSPS) is 15.9. The molecule has 9 heteroatoms. The molecular formula is C16H17FN2O3S3. The first-order chi connectivity index (χ1) is 11.9. The Bertz CT molecular complexity index is 890. The van der Waals surface area contributed by atoms with Crippen molar-refractivity contribution in [2.75, 3.05) is 29.9 Å². The summed E-state index contributed by atoms with van der Waals surface area (Å²) in [6.07, 6.45) is 0. The van der Waals surface area contributed by atoms with E-state index in [2.05, 4.69) is 5.32 Å². The van der Waals surface area contributed by atoms with Crippen LogP contribution in [-0.4, -0.2) is 43.2 Å². The third-order valence-corrected chi connectivity index (χ3v) is 7.72. The standard InChI is InChI=1S/C16H17FN2O3S3/c1-11-2-3-13(12(17)10-11)18-16(20)15-14(4-7-24-15)25(21,22)19-5-8-23-9-6-19/h2-4,7,10H,5-6,8-9H2,1H3,(H,18,20). The predicted octanol–water partition coefficient (Wildman–Crippen LogP) is 3.19. The van der Waals surface area contributed by atoms with Crippen molar-refractivity contribution in [3.8, 4) is 0 Å². The van der Waals surface area contributed by atoms with Crippen LogP contribution in [-0.2, 0) is 10.0 Å². The molecule has 2 aromatic rings. The van der Waals surface area contributed by atoms with E-state index in [1.165, 1.54) is 22.5 Å². The van der Waals surface area contributed by atoms with E-state index in [1.54, 1.807) is 30.1 Å². The number of anilines is 1. The molecule has 1 N–H and O–H groups in total. The summed E-state index contributed by atoms with van der Waals surface area (Å²) >= 11 is 2.73. The maximum atomic E-state index is 13.9. The number of hydrogen-bond acceptors (Lipinski definition) is 5. The third kappa shape index (κ3) is 3.89. The average molecular weight is 401 g/mol. The summed E-state index contributed by atoms with van der Waals surface area (Å²) in [7, 11) is -3.73. The van der Waals surface area contributed by atoms with E-state index in [4.69, 9.17) is 0 Å². The molecule has 5 nitrogen and oxygen atoms in total. The molecule has 134 valence electrons. The molecule has 1 aliphatic rings. The summed E-state index contributed by atoms with van der Waals surface area (Å²) in [6.45, 7) is 2.60. The van der Waals surface area contributed by atoms with E-state index < -0.39 is 21.7 Å². The van der Waals surface area contributed by atoms with Crippen molar-refractivity contribution in [2.45, 2.75) is 11.8 Å². The Kier molecular flexibility index (Phi) is 5.47. The largest absolute Gasteiger partial charge is 0.319 e. The molecule has 25 heavy (non-hydrogen) atoms. The number of thiophene rings is 1. The summed E-state index contributed by atoms with van der Waals surface area (Å²) in [4.78, 5) is 12.6. The van der Waals surface area contributed by atoms with E-state index in [1.807, 2.05) is 0 Å². The zero-order valence-electron chi connectivity index (χ0n) is 13.5. The van der Waals surface area contributed by atoms with Crippen LogP contribution in [0.2, 0.25) is 0 Å². The quantitative estimate of drug-likeness (QED) is 0.856. The molecular weight excluding hydrogens is 383 g/mol. The van der Waals surface area contributed by atoms with E-state index in [0.29, 0.717) is 13.1 Å². The van der Waals surface area contributed by atoms with Crippen LogP contribution in [0.3, 0.4) is 0 Å². The fraction of sp³-hybridized carbons (Fsp3) is 0.312. The first kappa shape index (κ1) is 18.4. The number of benzene rings is 1. The second kappa shape index (κ2) is 7.45. The van der Waals surface area contributed by atoms with Crippen molar-refractivity contribution in [3.63, 3.8) is 0 Å². The highest BCUT2D eigenvalue weighted by Gasteiger charge is 2.31. The Morgan fingerprint density at radius 2 is 1.96 bits per heavy atom. The number of sulfonamides is 1. The highest BCUT2D eigenvalue weighted by molar-refractivity contribution is 7.99. The molecule has 0 unspecified atom stereocenters. The molecule has 0 aliphatic carbocycles. The smallest absolute Gasteiger partial charge is 0.267 e. The Morgan fingerprint density at radius 3 is 2.64 bits per heavy atom. The van der Waals surface area contributed by atoms with Gasteiger partial charge in [-0.15, -0.1) is 11.3 Å². The van der Waals surface area contributed by atoms with Gasteiger partial charge in [0.25, 0.3) is 5.91 Å². The van der Waals surface area contributed by atoms with Crippen LogP contribution < -0.4 is 5.32 Å². The van der Waals surface area contributed by atoms with E-state index >= 15 is 0 Å². The number of hydrogen-bond donors (Lipinski definition) is 1. The highest BCUT2D eigenvalue weighted by Crippen LogP contribution is 2.28. The van der Waals surface area contributed by atoms with Gasteiger partial charge in [-0.05, 0) is 36.1 Å². The van der Waals surface area contributed by atoms with Crippen LogP contribution in [0, 0.1) is 12.7 Å². The molecule has 1 amide bonds. The van der Waals surface area contributed by atoms with Crippen LogP contribution in [0.5, 0.6) is 0 Å². The number of carbonyl (C=O) groups excluding carboxylic acids is 1. The maximum Gasteiger partial charge on any atom is 0.267 e. The number of nitrogens with zero attached hydrogens (tertiary/aromatic N) is 1. The summed E-state index contributed by atoms with van der Waals surface area (Å²) in [5, 5.41) is 4.03. The Hall–Kier alpha value is -1.42.